The van der Waals surface area contributed by atoms with Gasteiger partial charge in [0.2, 0.25) is 0 Å². The number of aliphatic imine (C=N–C) groups is 1. The highest BCUT2D eigenvalue weighted by atomic mass is 35.5. The number of aryl methyl sites for hydroxylation is 3. The van der Waals surface area contributed by atoms with E-state index in [1.807, 2.05) is 58.9 Å². The number of aromatic amines is 1. The van der Waals surface area contributed by atoms with Crippen molar-refractivity contribution < 1.29 is 0 Å². The van der Waals surface area contributed by atoms with Gasteiger partial charge in [-0.1, -0.05) is 74.3 Å². The number of aromatic nitrogens is 2. The first kappa shape index (κ1) is 27.3. The predicted octanol–water partition coefficient (Wildman–Crippen LogP) is 6.79. The van der Waals surface area contributed by atoms with E-state index in [0.29, 0.717) is 17.8 Å². The van der Waals surface area contributed by atoms with Crippen LogP contribution in [0.5, 0.6) is 0 Å². The van der Waals surface area contributed by atoms with Crippen molar-refractivity contribution in [2.24, 2.45) is 4.99 Å². The number of halogens is 1. The van der Waals surface area contributed by atoms with Crippen LogP contribution in [0.15, 0.2) is 52.3 Å². The van der Waals surface area contributed by atoms with Crippen LogP contribution < -0.4 is 5.56 Å². The molecule has 0 spiro atoms. The SMILES string of the molecule is CC.CCC(=NC)c1c(C)nc(Cc2cccc(C)c2)[nH]c1=O.Cc1cccc(Cl)c1C. The summed E-state index contributed by atoms with van der Waals surface area (Å²) < 4.78 is 0. The molecule has 32 heavy (non-hydrogen) atoms. The van der Waals surface area contributed by atoms with Crippen LogP contribution in [0.3, 0.4) is 0 Å². The molecule has 0 amide bonds. The van der Waals surface area contributed by atoms with Crippen LogP contribution in [0.2, 0.25) is 5.02 Å². The fourth-order valence-electron chi connectivity index (χ4n) is 3.25. The molecule has 0 aliphatic rings. The molecule has 0 bridgehead atoms. The summed E-state index contributed by atoms with van der Waals surface area (Å²) in [5.41, 5.74) is 6.81. The van der Waals surface area contributed by atoms with E-state index in [9.17, 15) is 4.79 Å². The molecule has 0 atom stereocenters. The van der Waals surface area contributed by atoms with Crippen molar-refractivity contribution in [1.82, 2.24) is 9.97 Å². The monoisotopic (exact) mass is 453 g/mol. The summed E-state index contributed by atoms with van der Waals surface area (Å²) >= 11 is 5.81. The Morgan fingerprint density at radius 3 is 2.22 bits per heavy atom. The van der Waals surface area contributed by atoms with Crippen LogP contribution >= 0.6 is 11.6 Å². The zero-order valence-corrected chi connectivity index (χ0v) is 21.4. The summed E-state index contributed by atoms with van der Waals surface area (Å²) in [5, 5.41) is 0.856. The minimum atomic E-state index is -0.104. The molecule has 1 N–H and O–H groups in total. The topological polar surface area (TPSA) is 58.1 Å². The van der Waals surface area contributed by atoms with Crippen LogP contribution in [0.1, 0.15) is 66.5 Å². The molecule has 4 nitrogen and oxygen atoms in total. The molecular formula is C27H36ClN3O. The van der Waals surface area contributed by atoms with Crippen molar-refractivity contribution in [3.05, 3.63) is 97.2 Å². The molecule has 0 unspecified atom stereocenters. The van der Waals surface area contributed by atoms with Crippen LogP contribution in [0.25, 0.3) is 0 Å². The highest BCUT2D eigenvalue weighted by Crippen LogP contribution is 2.17. The van der Waals surface area contributed by atoms with Gasteiger partial charge < -0.3 is 4.98 Å². The first-order valence-electron chi connectivity index (χ1n) is 11.1. The molecule has 0 fully saturated rings. The smallest absolute Gasteiger partial charge is 0.260 e. The second-order valence-electron chi connectivity index (χ2n) is 7.34. The summed E-state index contributed by atoms with van der Waals surface area (Å²) in [7, 11) is 1.71. The molecule has 1 heterocycles. The van der Waals surface area contributed by atoms with E-state index in [4.69, 9.17) is 11.6 Å². The Kier molecular flexibility index (Phi) is 11.6. The second kappa shape index (κ2) is 13.6. The maximum Gasteiger partial charge on any atom is 0.260 e. The fourth-order valence-corrected chi connectivity index (χ4v) is 3.47. The molecule has 0 aliphatic carbocycles. The Morgan fingerprint density at radius 2 is 1.72 bits per heavy atom. The molecule has 0 radical (unpaired) electrons. The van der Waals surface area contributed by atoms with Crippen LogP contribution in [0, 0.1) is 27.7 Å². The summed E-state index contributed by atoms with van der Waals surface area (Å²) in [6, 6.07) is 14.1. The van der Waals surface area contributed by atoms with Crippen molar-refractivity contribution in [2.75, 3.05) is 7.05 Å². The standard InChI is InChI=1S/C17H21N3O.C8H9Cl.C2H6/c1-5-14(18-4)16-12(3)19-15(20-17(16)21)10-13-8-6-7-11(2)9-13;1-6-4-3-5-8(9)7(6)2;1-2/h6-9H,5,10H2,1-4H3,(H,19,20,21);3-5H,1-2H3;1-2H3. The van der Waals surface area contributed by atoms with Gasteiger partial charge in [0.05, 0.1) is 11.3 Å². The lowest BCUT2D eigenvalue weighted by Crippen LogP contribution is -2.23. The maximum atomic E-state index is 12.3. The predicted molar refractivity (Wildman–Crippen MR) is 139 cm³/mol. The minimum Gasteiger partial charge on any atom is -0.310 e. The molecule has 3 rings (SSSR count). The first-order chi connectivity index (χ1) is 15.3. The third kappa shape index (κ3) is 7.76. The van der Waals surface area contributed by atoms with Crippen molar-refractivity contribution in [2.45, 2.75) is 61.3 Å². The number of rotatable bonds is 4. The largest absolute Gasteiger partial charge is 0.310 e. The lowest BCUT2D eigenvalue weighted by atomic mass is 10.1. The molecular weight excluding hydrogens is 418 g/mol. The fraction of sp³-hybridized carbons (Fsp3) is 0.370. The zero-order valence-electron chi connectivity index (χ0n) is 20.6. The molecule has 3 aromatic rings. The lowest BCUT2D eigenvalue weighted by Gasteiger charge is -2.08. The van der Waals surface area contributed by atoms with Crippen molar-refractivity contribution in [3.63, 3.8) is 0 Å². The molecule has 2 aromatic carbocycles. The number of H-pyrrole nitrogens is 1. The number of nitrogens with one attached hydrogen (secondary N) is 1. The molecule has 1 aromatic heterocycles. The van der Waals surface area contributed by atoms with Gasteiger partial charge in [-0.15, -0.1) is 0 Å². The minimum absolute atomic E-state index is 0.104. The van der Waals surface area contributed by atoms with Gasteiger partial charge >= 0.3 is 0 Å². The summed E-state index contributed by atoms with van der Waals surface area (Å²) in [4.78, 5) is 23.9. The quantitative estimate of drug-likeness (QED) is 0.442. The second-order valence-corrected chi connectivity index (χ2v) is 7.75. The van der Waals surface area contributed by atoms with E-state index in [0.717, 1.165) is 28.4 Å². The van der Waals surface area contributed by atoms with Gasteiger partial charge in [0.1, 0.15) is 5.82 Å². The first-order valence-corrected chi connectivity index (χ1v) is 11.5. The van der Waals surface area contributed by atoms with E-state index in [1.165, 1.54) is 16.7 Å². The normalized spacial score (nSPS) is 10.6. The number of hydrogen-bond donors (Lipinski definition) is 1. The van der Waals surface area contributed by atoms with Gasteiger partial charge in [-0.25, -0.2) is 4.98 Å². The highest BCUT2D eigenvalue weighted by Gasteiger charge is 2.12. The molecule has 0 aliphatic heterocycles. The van der Waals surface area contributed by atoms with Crippen molar-refractivity contribution in [3.8, 4) is 0 Å². The average Bonchev–Trinajstić information content (AvgIpc) is 2.76. The summed E-state index contributed by atoms with van der Waals surface area (Å²) in [6.45, 7) is 14.0. The summed E-state index contributed by atoms with van der Waals surface area (Å²) in [6.07, 6.45) is 1.35. The van der Waals surface area contributed by atoms with E-state index in [1.54, 1.807) is 7.05 Å². The third-order valence-electron chi connectivity index (χ3n) is 5.04. The van der Waals surface area contributed by atoms with Crippen LogP contribution in [-0.4, -0.2) is 22.7 Å². The highest BCUT2D eigenvalue weighted by molar-refractivity contribution is 6.31. The van der Waals surface area contributed by atoms with Gasteiger partial charge in [0.15, 0.2) is 0 Å². The van der Waals surface area contributed by atoms with Crippen LogP contribution in [0.4, 0.5) is 0 Å². The maximum absolute atomic E-state index is 12.3. The zero-order chi connectivity index (χ0) is 24.3. The number of hydrogen-bond acceptors (Lipinski definition) is 3. The Hall–Kier alpha value is -2.72. The van der Waals surface area contributed by atoms with E-state index >= 15 is 0 Å². The number of benzene rings is 2. The number of nitrogens with zero attached hydrogens (tertiary/aromatic N) is 2. The Balaban J connectivity index is 0.000000388. The molecule has 5 heteroatoms. The van der Waals surface area contributed by atoms with Crippen LogP contribution in [-0.2, 0) is 6.42 Å². The van der Waals surface area contributed by atoms with E-state index < -0.39 is 0 Å². The van der Waals surface area contributed by atoms with Gasteiger partial charge in [0.25, 0.3) is 5.56 Å². The van der Waals surface area contributed by atoms with E-state index in [-0.39, 0.29) is 5.56 Å². The van der Waals surface area contributed by atoms with Gasteiger partial charge in [-0.05, 0) is 56.9 Å². The molecule has 0 saturated heterocycles. The van der Waals surface area contributed by atoms with Gasteiger partial charge in [-0.2, -0.15) is 0 Å². The Morgan fingerprint density at radius 1 is 1.06 bits per heavy atom. The molecule has 0 saturated carbocycles. The van der Waals surface area contributed by atoms with Crippen molar-refractivity contribution >= 4 is 17.3 Å². The van der Waals surface area contributed by atoms with Gasteiger partial charge in [0, 0.05) is 24.2 Å². The Bertz CT molecular complexity index is 1080. The van der Waals surface area contributed by atoms with E-state index in [2.05, 4.69) is 47.0 Å². The van der Waals surface area contributed by atoms with Gasteiger partial charge in [-0.3, -0.25) is 9.79 Å². The Labute approximate surface area is 197 Å². The molecule has 172 valence electrons. The van der Waals surface area contributed by atoms with Crippen molar-refractivity contribution in [1.29, 1.82) is 0 Å². The average molecular weight is 454 g/mol. The summed E-state index contributed by atoms with van der Waals surface area (Å²) in [5.74, 6) is 0.693. The lowest BCUT2D eigenvalue weighted by molar-refractivity contribution is 0.913. The third-order valence-corrected chi connectivity index (χ3v) is 5.44.